The Balaban J connectivity index is 1.24. The summed E-state index contributed by atoms with van der Waals surface area (Å²) in [6, 6.07) is 7.20. The van der Waals surface area contributed by atoms with Crippen molar-refractivity contribution in [2.45, 2.75) is 30.6 Å². The Morgan fingerprint density at radius 2 is 1.56 bits per heavy atom. The van der Waals surface area contributed by atoms with Gasteiger partial charge in [-0.05, 0) is 56.6 Å². The zero-order valence-corrected chi connectivity index (χ0v) is 22.8. The fraction of sp³-hybridized carbons (Fsp3) is 0.520. The summed E-state index contributed by atoms with van der Waals surface area (Å²) < 4.78 is 29.5. The highest BCUT2D eigenvalue weighted by molar-refractivity contribution is 7.91. The number of benzene rings is 1. The summed E-state index contributed by atoms with van der Waals surface area (Å²) in [5.74, 6) is 0.350. The largest absolute Gasteiger partial charge is 0.494 e. The topological polar surface area (TPSA) is 87.2 Å². The van der Waals surface area contributed by atoms with E-state index in [2.05, 4.69) is 4.90 Å². The van der Waals surface area contributed by atoms with Crippen LogP contribution in [-0.4, -0.2) is 93.6 Å². The Labute approximate surface area is 221 Å². The maximum Gasteiger partial charge on any atom is 0.265 e. The van der Waals surface area contributed by atoms with E-state index < -0.39 is 9.84 Å². The minimum Gasteiger partial charge on any atom is -0.494 e. The van der Waals surface area contributed by atoms with Gasteiger partial charge in [-0.1, -0.05) is 18.0 Å². The molecule has 2 saturated heterocycles. The van der Waals surface area contributed by atoms with Gasteiger partial charge in [-0.2, -0.15) is 0 Å². The second-order valence-electron chi connectivity index (χ2n) is 9.23. The van der Waals surface area contributed by atoms with Crippen LogP contribution in [-0.2, 0) is 9.84 Å². The van der Waals surface area contributed by atoms with E-state index in [1.54, 1.807) is 21.9 Å². The molecule has 8 nitrogen and oxygen atoms in total. The second kappa shape index (κ2) is 11.9. The van der Waals surface area contributed by atoms with E-state index in [0.717, 1.165) is 36.3 Å². The average molecular weight is 554 g/mol. The molecule has 0 bridgehead atoms. The third-order valence-electron chi connectivity index (χ3n) is 6.58. The number of hydrogen-bond donors (Lipinski definition) is 0. The van der Waals surface area contributed by atoms with Gasteiger partial charge in [0.2, 0.25) is 0 Å². The molecule has 36 heavy (non-hydrogen) atoms. The summed E-state index contributed by atoms with van der Waals surface area (Å²) in [4.78, 5) is 31.8. The van der Waals surface area contributed by atoms with Gasteiger partial charge in [0.05, 0.1) is 16.5 Å². The van der Waals surface area contributed by atoms with E-state index in [1.807, 2.05) is 12.1 Å². The first-order chi connectivity index (χ1) is 17.2. The lowest BCUT2D eigenvalue weighted by molar-refractivity contribution is 0.0538. The first kappa shape index (κ1) is 26.9. The highest BCUT2D eigenvalue weighted by Gasteiger charge is 2.29. The number of amides is 2. The van der Waals surface area contributed by atoms with Crippen LogP contribution >= 0.6 is 22.9 Å². The molecule has 0 saturated carbocycles. The Morgan fingerprint density at radius 1 is 0.944 bits per heavy atom. The minimum absolute atomic E-state index is 0.0271. The lowest BCUT2D eigenvalue weighted by atomic mass is 10.1. The summed E-state index contributed by atoms with van der Waals surface area (Å²) >= 11 is 7.20. The van der Waals surface area contributed by atoms with Crippen LogP contribution in [0.15, 0.2) is 34.5 Å². The van der Waals surface area contributed by atoms with Gasteiger partial charge in [-0.15, -0.1) is 11.3 Å². The molecule has 2 amide bonds. The zero-order valence-electron chi connectivity index (χ0n) is 20.4. The van der Waals surface area contributed by atoms with Gasteiger partial charge in [-0.25, -0.2) is 8.42 Å². The summed E-state index contributed by atoms with van der Waals surface area (Å²) in [7, 11) is -3.50. The lowest BCUT2D eigenvalue weighted by Gasteiger charge is -2.34. The fourth-order valence-electron chi connectivity index (χ4n) is 4.52. The molecule has 2 aliphatic heterocycles. The van der Waals surface area contributed by atoms with Gasteiger partial charge in [0, 0.05) is 49.9 Å². The molecular weight excluding hydrogens is 522 g/mol. The van der Waals surface area contributed by atoms with Crippen LogP contribution in [0, 0.1) is 0 Å². The van der Waals surface area contributed by atoms with Crippen molar-refractivity contribution < 1.29 is 22.7 Å². The smallest absolute Gasteiger partial charge is 0.265 e. The molecule has 2 aliphatic rings. The molecule has 196 valence electrons. The van der Waals surface area contributed by atoms with Gasteiger partial charge in [0.15, 0.2) is 9.84 Å². The molecule has 0 unspecified atom stereocenters. The number of carbonyl (C=O) groups is 2. The van der Waals surface area contributed by atoms with Crippen molar-refractivity contribution in [1.82, 2.24) is 14.7 Å². The van der Waals surface area contributed by atoms with Crippen molar-refractivity contribution >= 4 is 44.6 Å². The molecule has 11 heteroatoms. The van der Waals surface area contributed by atoms with Crippen LogP contribution in [0.1, 0.15) is 45.7 Å². The van der Waals surface area contributed by atoms with E-state index in [4.69, 9.17) is 16.3 Å². The normalized spacial score (nSPS) is 17.3. The zero-order chi connectivity index (χ0) is 25.7. The second-order valence-corrected chi connectivity index (χ2v) is 12.5. The number of piperidine rings is 1. The predicted octanol–water partition coefficient (Wildman–Crippen LogP) is 3.66. The Morgan fingerprint density at radius 3 is 2.14 bits per heavy atom. The molecule has 0 N–H and O–H groups in total. The molecule has 0 atom stereocenters. The monoisotopic (exact) mass is 553 g/mol. The maximum absolute atomic E-state index is 13.0. The third kappa shape index (κ3) is 6.59. The number of ether oxygens (including phenoxy) is 1. The number of piperazine rings is 1. The van der Waals surface area contributed by atoms with Gasteiger partial charge >= 0.3 is 0 Å². The van der Waals surface area contributed by atoms with Crippen molar-refractivity contribution in [2.75, 3.05) is 58.7 Å². The van der Waals surface area contributed by atoms with Crippen LogP contribution in [0.4, 0.5) is 0 Å². The van der Waals surface area contributed by atoms with Crippen LogP contribution in [0.25, 0.3) is 0 Å². The van der Waals surface area contributed by atoms with Gasteiger partial charge < -0.3 is 19.4 Å². The molecule has 2 fully saturated rings. The van der Waals surface area contributed by atoms with Crippen LogP contribution < -0.4 is 4.74 Å². The van der Waals surface area contributed by atoms with Crippen LogP contribution in [0.3, 0.4) is 0 Å². The molecule has 3 heterocycles. The van der Waals surface area contributed by atoms with Crippen molar-refractivity contribution in [2.24, 2.45) is 0 Å². The SMILES string of the molecule is CS(=O)(=O)c1csc(C(=O)N2CCN(C(=O)c3ccc(OCCCN4CCCCC4)cc3)CC2)c1Cl. The first-order valence-corrected chi connectivity index (χ1v) is 15.4. The average Bonchev–Trinajstić information content (AvgIpc) is 3.29. The molecular formula is C25H32ClN3O5S2. The van der Waals surface area contributed by atoms with E-state index in [-0.39, 0.29) is 26.6 Å². The van der Waals surface area contributed by atoms with E-state index in [0.29, 0.717) is 38.3 Å². The summed E-state index contributed by atoms with van der Waals surface area (Å²) in [6.45, 7) is 5.57. The number of rotatable bonds is 8. The van der Waals surface area contributed by atoms with Gasteiger partial charge in [0.25, 0.3) is 11.8 Å². The van der Waals surface area contributed by atoms with Crippen molar-refractivity contribution in [1.29, 1.82) is 0 Å². The van der Waals surface area contributed by atoms with Gasteiger partial charge in [0.1, 0.15) is 10.6 Å². The van der Waals surface area contributed by atoms with Crippen LogP contribution in [0.2, 0.25) is 5.02 Å². The Kier molecular flexibility index (Phi) is 8.92. The van der Waals surface area contributed by atoms with E-state index in [1.165, 1.54) is 37.7 Å². The number of halogens is 1. The molecule has 0 radical (unpaired) electrons. The predicted molar refractivity (Wildman–Crippen MR) is 141 cm³/mol. The Hall–Kier alpha value is -2.14. The number of nitrogens with zero attached hydrogens (tertiary/aromatic N) is 3. The molecule has 1 aromatic heterocycles. The summed E-state index contributed by atoms with van der Waals surface area (Å²) in [5, 5.41) is 1.37. The van der Waals surface area contributed by atoms with E-state index >= 15 is 0 Å². The fourth-order valence-corrected chi connectivity index (χ4v) is 7.39. The summed E-state index contributed by atoms with van der Waals surface area (Å²) in [5.41, 5.74) is 0.578. The van der Waals surface area contributed by atoms with Crippen molar-refractivity contribution in [3.63, 3.8) is 0 Å². The van der Waals surface area contributed by atoms with Crippen LogP contribution in [0.5, 0.6) is 5.75 Å². The maximum atomic E-state index is 13.0. The Bertz CT molecular complexity index is 1170. The van der Waals surface area contributed by atoms with Crippen molar-refractivity contribution in [3.05, 3.63) is 45.1 Å². The highest BCUT2D eigenvalue weighted by atomic mass is 35.5. The molecule has 2 aromatic rings. The minimum atomic E-state index is -3.50. The highest BCUT2D eigenvalue weighted by Crippen LogP contribution is 2.32. The first-order valence-electron chi connectivity index (χ1n) is 12.2. The third-order valence-corrected chi connectivity index (χ3v) is 9.44. The number of thiophene rings is 1. The summed E-state index contributed by atoms with van der Waals surface area (Å²) in [6.07, 6.45) is 5.96. The number of carbonyl (C=O) groups excluding carboxylic acids is 2. The quantitative estimate of drug-likeness (QED) is 0.464. The molecule has 0 spiro atoms. The number of likely N-dealkylation sites (tertiary alicyclic amines) is 1. The number of sulfone groups is 1. The standard InChI is InChI=1S/C25H32ClN3O5S2/c1-36(32,33)21-18-35-23(22(21)26)25(31)29-15-13-28(14-16-29)24(30)19-6-8-20(9-7-19)34-17-5-12-27-10-3-2-4-11-27/h6-9,18H,2-5,10-17H2,1H3. The van der Waals surface area contributed by atoms with Crippen molar-refractivity contribution in [3.8, 4) is 5.75 Å². The van der Waals surface area contributed by atoms with Gasteiger partial charge in [-0.3, -0.25) is 9.59 Å². The molecule has 1 aromatic carbocycles. The molecule has 0 aliphatic carbocycles. The van der Waals surface area contributed by atoms with E-state index in [9.17, 15) is 18.0 Å². The lowest BCUT2D eigenvalue weighted by Crippen LogP contribution is -2.50. The molecule has 4 rings (SSSR count). The number of hydrogen-bond acceptors (Lipinski definition) is 7.